The van der Waals surface area contributed by atoms with E-state index in [1.165, 1.54) is 0 Å². The van der Waals surface area contributed by atoms with Gasteiger partial charge >= 0.3 is 5.97 Å². The molecule has 2 fully saturated rings. The van der Waals surface area contributed by atoms with Crippen molar-refractivity contribution in [1.29, 1.82) is 0 Å². The van der Waals surface area contributed by atoms with E-state index < -0.39 is 11.9 Å². The molecule has 4 rings (SSSR count). The summed E-state index contributed by atoms with van der Waals surface area (Å²) in [6.45, 7) is -0.314. The van der Waals surface area contributed by atoms with Crippen LogP contribution in [0.1, 0.15) is 40.0 Å². The number of carbonyl (C=O) groups excluding carboxylic acids is 3. The monoisotopic (exact) mass is 392 g/mol. The summed E-state index contributed by atoms with van der Waals surface area (Å²) in [6.07, 6.45) is 2.80. The fourth-order valence-electron chi connectivity index (χ4n) is 4.90. The zero-order valence-electron chi connectivity index (χ0n) is 16.4. The van der Waals surface area contributed by atoms with E-state index >= 15 is 0 Å². The summed E-state index contributed by atoms with van der Waals surface area (Å²) in [7, 11) is 1.56. The maximum atomic E-state index is 13.1. The lowest BCUT2D eigenvalue weighted by molar-refractivity contribution is -0.150. The van der Waals surface area contributed by atoms with Gasteiger partial charge in [-0.15, -0.1) is 0 Å². The van der Waals surface area contributed by atoms with Crippen LogP contribution in [0, 0.1) is 23.7 Å². The molecule has 5 nitrogen and oxygen atoms in total. The first-order chi connectivity index (χ1) is 14.1. The van der Waals surface area contributed by atoms with Crippen molar-refractivity contribution >= 4 is 17.5 Å². The quantitative estimate of drug-likeness (QED) is 0.527. The Balaban J connectivity index is 1.43. The van der Waals surface area contributed by atoms with Gasteiger partial charge in [0.25, 0.3) is 0 Å². The van der Waals surface area contributed by atoms with Gasteiger partial charge in [0.2, 0.25) is 0 Å². The SMILES string of the molecule is COc1ccc(C(=O)COC(=O)[C@H]2[C@@H]3CC[C@@H](C3)[C@@H]2C(=O)c2ccccc2)cc1. The molecule has 0 amide bonds. The zero-order chi connectivity index (χ0) is 20.4. The average Bonchev–Trinajstić information content (AvgIpc) is 3.39. The largest absolute Gasteiger partial charge is 0.497 e. The van der Waals surface area contributed by atoms with Gasteiger partial charge in [-0.1, -0.05) is 30.3 Å². The van der Waals surface area contributed by atoms with Crippen molar-refractivity contribution in [3.05, 3.63) is 65.7 Å². The lowest BCUT2D eigenvalue weighted by Crippen LogP contribution is -2.36. The van der Waals surface area contributed by atoms with E-state index in [1.807, 2.05) is 18.2 Å². The van der Waals surface area contributed by atoms with Gasteiger partial charge < -0.3 is 9.47 Å². The Labute approximate surface area is 170 Å². The Bertz CT molecular complexity index is 903. The maximum Gasteiger partial charge on any atom is 0.310 e. The normalized spacial score (nSPS) is 24.9. The summed E-state index contributed by atoms with van der Waals surface area (Å²) in [5.74, 6) is -0.430. The number of benzene rings is 2. The summed E-state index contributed by atoms with van der Waals surface area (Å²) in [6, 6.07) is 15.8. The van der Waals surface area contributed by atoms with Crippen molar-refractivity contribution in [3.8, 4) is 5.75 Å². The van der Waals surface area contributed by atoms with Gasteiger partial charge in [-0.25, -0.2) is 0 Å². The molecule has 0 aromatic heterocycles. The van der Waals surface area contributed by atoms with Crippen LogP contribution >= 0.6 is 0 Å². The first-order valence-corrected chi connectivity index (χ1v) is 10.0. The number of esters is 1. The second-order valence-electron chi connectivity index (χ2n) is 7.87. The van der Waals surface area contributed by atoms with Crippen LogP contribution in [0.5, 0.6) is 5.75 Å². The fraction of sp³-hybridized carbons (Fsp3) is 0.375. The number of carbonyl (C=O) groups is 3. The summed E-state index contributed by atoms with van der Waals surface area (Å²) >= 11 is 0. The zero-order valence-corrected chi connectivity index (χ0v) is 16.4. The van der Waals surface area contributed by atoms with Crippen LogP contribution in [0.15, 0.2) is 54.6 Å². The number of hydrogen-bond acceptors (Lipinski definition) is 5. The summed E-state index contributed by atoms with van der Waals surface area (Å²) in [4.78, 5) is 38.3. The Morgan fingerprint density at radius 1 is 0.862 bits per heavy atom. The van der Waals surface area contributed by atoms with Gasteiger partial charge in [0.15, 0.2) is 18.2 Å². The Kier molecular flexibility index (Phi) is 5.47. The van der Waals surface area contributed by atoms with E-state index in [0.29, 0.717) is 16.9 Å². The highest BCUT2D eigenvalue weighted by Gasteiger charge is 2.54. The van der Waals surface area contributed by atoms with Gasteiger partial charge in [0, 0.05) is 17.0 Å². The minimum Gasteiger partial charge on any atom is -0.497 e. The molecule has 0 unspecified atom stereocenters. The molecule has 0 heterocycles. The predicted molar refractivity (Wildman–Crippen MR) is 107 cm³/mol. The summed E-state index contributed by atoms with van der Waals surface area (Å²) in [5, 5.41) is 0. The van der Waals surface area contributed by atoms with Crippen molar-refractivity contribution in [2.75, 3.05) is 13.7 Å². The number of fused-ring (bicyclic) bond motifs is 2. The highest BCUT2D eigenvalue weighted by Crippen LogP contribution is 2.53. The predicted octanol–water partition coefficient (Wildman–Crippen LogP) is 3.97. The van der Waals surface area contributed by atoms with E-state index in [4.69, 9.17) is 9.47 Å². The highest BCUT2D eigenvalue weighted by molar-refractivity contribution is 6.01. The van der Waals surface area contributed by atoms with E-state index in [9.17, 15) is 14.4 Å². The first-order valence-electron chi connectivity index (χ1n) is 10.0. The van der Waals surface area contributed by atoms with Crippen LogP contribution in [0.25, 0.3) is 0 Å². The number of ketones is 2. The lowest BCUT2D eigenvalue weighted by atomic mass is 9.75. The van der Waals surface area contributed by atoms with Gasteiger partial charge in [0.05, 0.1) is 13.0 Å². The van der Waals surface area contributed by atoms with E-state index in [-0.39, 0.29) is 35.9 Å². The van der Waals surface area contributed by atoms with Crippen molar-refractivity contribution in [3.63, 3.8) is 0 Å². The van der Waals surface area contributed by atoms with Crippen LogP contribution in [0.4, 0.5) is 0 Å². The minimum absolute atomic E-state index is 0.0150. The van der Waals surface area contributed by atoms with Gasteiger partial charge in [-0.05, 0) is 55.4 Å². The second-order valence-corrected chi connectivity index (χ2v) is 7.87. The van der Waals surface area contributed by atoms with E-state index in [0.717, 1.165) is 19.3 Å². The van der Waals surface area contributed by atoms with E-state index in [1.54, 1.807) is 43.5 Å². The molecule has 2 aromatic carbocycles. The second kappa shape index (κ2) is 8.19. The molecule has 29 heavy (non-hydrogen) atoms. The number of rotatable bonds is 7. The third-order valence-corrected chi connectivity index (χ3v) is 6.31. The molecule has 2 aliphatic carbocycles. The van der Waals surface area contributed by atoms with Crippen LogP contribution in [0.2, 0.25) is 0 Å². The standard InChI is InChI=1S/C24H24O5/c1-28-19-11-9-15(10-12-19)20(25)14-29-24(27)22-18-8-7-17(13-18)21(22)23(26)16-5-3-2-4-6-16/h2-6,9-12,17-18,21-22H,7-8,13-14H2,1H3/t17-,18+,21-,22-/m0/s1. The fourth-order valence-corrected chi connectivity index (χ4v) is 4.90. The topological polar surface area (TPSA) is 69.7 Å². The smallest absolute Gasteiger partial charge is 0.310 e. The van der Waals surface area contributed by atoms with Crippen molar-refractivity contribution in [1.82, 2.24) is 0 Å². The number of hydrogen-bond donors (Lipinski definition) is 0. The molecule has 2 aliphatic rings. The first kappa shape index (κ1) is 19.4. The van der Waals surface area contributed by atoms with Gasteiger partial charge in [-0.3, -0.25) is 14.4 Å². The van der Waals surface area contributed by atoms with Crippen LogP contribution < -0.4 is 4.74 Å². The number of methoxy groups -OCH3 is 1. The Hall–Kier alpha value is -2.95. The molecule has 5 heteroatoms. The Morgan fingerprint density at radius 2 is 1.52 bits per heavy atom. The van der Waals surface area contributed by atoms with Crippen LogP contribution in [-0.2, 0) is 9.53 Å². The van der Waals surface area contributed by atoms with Gasteiger partial charge in [-0.2, -0.15) is 0 Å². The lowest BCUT2D eigenvalue weighted by Gasteiger charge is -2.28. The third kappa shape index (κ3) is 3.82. The molecule has 2 saturated carbocycles. The maximum absolute atomic E-state index is 13.1. The summed E-state index contributed by atoms with van der Waals surface area (Å²) in [5.41, 5.74) is 1.10. The average molecular weight is 392 g/mol. The summed E-state index contributed by atoms with van der Waals surface area (Å²) < 4.78 is 10.5. The van der Waals surface area contributed by atoms with Crippen molar-refractivity contribution in [2.24, 2.45) is 23.7 Å². The highest BCUT2D eigenvalue weighted by atomic mass is 16.5. The molecule has 0 aliphatic heterocycles. The molecule has 0 radical (unpaired) electrons. The minimum atomic E-state index is -0.454. The number of ether oxygens (including phenoxy) is 2. The van der Waals surface area contributed by atoms with Crippen LogP contribution in [0.3, 0.4) is 0 Å². The molecule has 150 valence electrons. The van der Waals surface area contributed by atoms with Crippen LogP contribution in [-0.4, -0.2) is 31.3 Å². The molecule has 0 saturated heterocycles. The van der Waals surface area contributed by atoms with Crippen molar-refractivity contribution < 1.29 is 23.9 Å². The van der Waals surface area contributed by atoms with Gasteiger partial charge in [0.1, 0.15) is 5.75 Å². The molecule has 0 N–H and O–H groups in total. The molecule has 2 aromatic rings. The molecular weight excluding hydrogens is 368 g/mol. The van der Waals surface area contributed by atoms with Crippen molar-refractivity contribution in [2.45, 2.75) is 19.3 Å². The molecule has 2 bridgehead atoms. The molecule has 4 atom stereocenters. The Morgan fingerprint density at radius 3 is 2.17 bits per heavy atom. The van der Waals surface area contributed by atoms with E-state index in [2.05, 4.69) is 0 Å². The number of Topliss-reactive ketones (excluding diaryl/α,β-unsaturated/α-hetero) is 2. The molecular formula is C24H24O5. The molecule has 0 spiro atoms. The third-order valence-electron chi connectivity index (χ3n) is 6.31.